The summed E-state index contributed by atoms with van der Waals surface area (Å²) in [7, 11) is -2.27. The highest BCUT2D eigenvalue weighted by atomic mass is 35.5. The molecule has 33 heavy (non-hydrogen) atoms. The van der Waals surface area contributed by atoms with E-state index in [9.17, 15) is 18.0 Å². The molecule has 0 atom stereocenters. The molecule has 0 N–H and O–H groups in total. The summed E-state index contributed by atoms with van der Waals surface area (Å²) in [6.45, 7) is 3.09. The van der Waals surface area contributed by atoms with Crippen molar-refractivity contribution in [1.82, 2.24) is 8.87 Å². The molecule has 1 aliphatic heterocycles. The number of amides is 1. The van der Waals surface area contributed by atoms with Crippen LogP contribution < -0.4 is 4.80 Å². The second-order valence-corrected chi connectivity index (χ2v) is 12.4. The van der Waals surface area contributed by atoms with E-state index in [1.807, 2.05) is 17.6 Å². The van der Waals surface area contributed by atoms with Crippen molar-refractivity contribution in [1.29, 1.82) is 0 Å². The molecule has 1 amide bonds. The maximum Gasteiger partial charge on any atom is 0.337 e. The molecule has 0 spiro atoms. The Hall–Kier alpha value is -2.05. The first-order chi connectivity index (χ1) is 15.7. The predicted octanol–water partition coefficient (Wildman–Crippen LogP) is 3.75. The van der Waals surface area contributed by atoms with Crippen molar-refractivity contribution in [3.63, 3.8) is 0 Å². The van der Waals surface area contributed by atoms with Gasteiger partial charge in [-0.2, -0.15) is 9.30 Å². The molecule has 4 rings (SSSR count). The zero-order chi connectivity index (χ0) is 23.8. The number of ether oxygens (including phenoxy) is 1. The first kappa shape index (κ1) is 24.1. The van der Waals surface area contributed by atoms with Crippen LogP contribution in [-0.2, 0) is 26.1 Å². The highest BCUT2D eigenvalue weighted by molar-refractivity contribution is 7.91. The van der Waals surface area contributed by atoms with Gasteiger partial charge < -0.3 is 9.30 Å². The number of aromatic nitrogens is 1. The summed E-state index contributed by atoms with van der Waals surface area (Å²) >= 11 is 8.25. The zero-order valence-electron chi connectivity index (χ0n) is 18.0. The summed E-state index contributed by atoms with van der Waals surface area (Å²) in [4.78, 5) is 29.7. The molecule has 3 aromatic rings. The monoisotopic (exact) mass is 527 g/mol. The SMILES string of the molecule is CCn1c(=NC(=O)C2CCN(S(=O)(=O)c3ccc(Cl)s3)CC2)sc2cc(C(=O)OC)ccc21. The summed E-state index contributed by atoms with van der Waals surface area (Å²) in [6.07, 6.45) is 0.814. The maximum absolute atomic E-state index is 12.9. The Morgan fingerprint density at radius 1 is 1.18 bits per heavy atom. The Labute approximate surface area is 204 Å². The van der Waals surface area contributed by atoms with Crippen LogP contribution in [0.3, 0.4) is 0 Å². The summed E-state index contributed by atoms with van der Waals surface area (Å²) in [6, 6.07) is 8.32. The molecule has 2 aromatic heterocycles. The average Bonchev–Trinajstić information content (AvgIpc) is 3.41. The van der Waals surface area contributed by atoms with E-state index in [4.69, 9.17) is 16.3 Å². The molecule has 1 aliphatic rings. The zero-order valence-corrected chi connectivity index (χ0v) is 21.2. The van der Waals surface area contributed by atoms with Gasteiger partial charge >= 0.3 is 5.97 Å². The van der Waals surface area contributed by atoms with Crippen LogP contribution in [0.15, 0.2) is 39.5 Å². The van der Waals surface area contributed by atoms with Crippen molar-refractivity contribution < 1.29 is 22.7 Å². The van der Waals surface area contributed by atoms with Gasteiger partial charge in [0.15, 0.2) is 4.80 Å². The Kier molecular flexibility index (Phi) is 7.06. The number of rotatable bonds is 5. The first-order valence-corrected chi connectivity index (χ1v) is 13.8. The molecule has 0 aliphatic carbocycles. The number of fused-ring (bicyclic) bond motifs is 1. The van der Waals surface area contributed by atoms with Gasteiger partial charge in [0.25, 0.3) is 15.9 Å². The van der Waals surface area contributed by atoms with E-state index in [1.165, 1.54) is 28.8 Å². The van der Waals surface area contributed by atoms with Crippen molar-refractivity contribution in [3.8, 4) is 0 Å². The number of thiophene rings is 1. The molecular weight excluding hydrogens is 506 g/mol. The van der Waals surface area contributed by atoms with Gasteiger partial charge in [-0.25, -0.2) is 13.2 Å². The second-order valence-electron chi connectivity index (χ2n) is 7.49. The predicted molar refractivity (Wildman–Crippen MR) is 128 cm³/mol. The first-order valence-electron chi connectivity index (χ1n) is 10.3. The minimum Gasteiger partial charge on any atom is -0.465 e. The standard InChI is InChI=1S/C21H22ClN3O5S3/c1-3-25-15-5-4-14(20(27)30-2)12-16(15)31-21(25)23-19(26)13-8-10-24(11-9-13)33(28,29)18-7-6-17(22)32-18/h4-7,12-13H,3,8-11H2,1-2H3. The number of methoxy groups -OCH3 is 1. The molecule has 3 heterocycles. The number of hydrogen-bond acceptors (Lipinski definition) is 7. The van der Waals surface area contributed by atoms with Gasteiger partial charge in [-0.05, 0) is 50.1 Å². The lowest BCUT2D eigenvalue weighted by atomic mass is 9.98. The van der Waals surface area contributed by atoms with Crippen molar-refractivity contribution in [2.24, 2.45) is 10.9 Å². The topological polar surface area (TPSA) is 98.0 Å². The van der Waals surface area contributed by atoms with Crippen LogP contribution in [0.1, 0.15) is 30.1 Å². The quantitative estimate of drug-likeness (QED) is 0.471. The minimum absolute atomic E-state index is 0.211. The van der Waals surface area contributed by atoms with Crippen molar-refractivity contribution >= 4 is 66.4 Å². The molecule has 12 heteroatoms. The maximum atomic E-state index is 12.9. The van der Waals surface area contributed by atoms with E-state index in [0.29, 0.717) is 34.1 Å². The van der Waals surface area contributed by atoms with E-state index in [0.717, 1.165) is 21.6 Å². The number of hydrogen-bond donors (Lipinski definition) is 0. The van der Waals surface area contributed by atoms with Crippen LogP contribution in [0.4, 0.5) is 0 Å². The third-order valence-corrected chi connectivity index (χ3v) is 10.2. The van der Waals surface area contributed by atoms with E-state index in [2.05, 4.69) is 4.99 Å². The molecule has 0 bridgehead atoms. The number of carbonyl (C=O) groups excluding carboxylic acids is 2. The normalized spacial score (nSPS) is 16.4. The fraction of sp³-hybridized carbons (Fsp3) is 0.381. The number of nitrogens with zero attached hydrogens (tertiary/aromatic N) is 3. The lowest BCUT2D eigenvalue weighted by Crippen LogP contribution is -2.40. The second kappa shape index (κ2) is 9.67. The summed E-state index contributed by atoms with van der Waals surface area (Å²) in [5, 5.41) is 0. The Bertz CT molecular complexity index is 1380. The minimum atomic E-state index is -3.60. The number of carbonyl (C=O) groups is 2. The molecule has 176 valence electrons. The highest BCUT2D eigenvalue weighted by Gasteiger charge is 2.33. The van der Waals surface area contributed by atoms with Gasteiger partial charge in [-0.1, -0.05) is 22.9 Å². The molecule has 0 radical (unpaired) electrons. The number of esters is 1. The number of sulfonamides is 1. The number of thiazole rings is 1. The summed E-state index contributed by atoms with van der Waals surface area (Å²) in [5.74, 6) is -1.02. The van der Waals surface area contributed by atoms with Gasteiger partial charge in [-0.15, -0.1) is 11.3 Å². The third-order valence-electron chi connectivity index (χ3n) is 5.57. The van der Waals surface area contributed by atoms with Gasteiger partial charge in [0.1, 0.15) is 4.21 Å². The fourth-order valence-electron chi connectivity index (χ4n) is 3.80. The van der Waals surface area contributed by atoms with Crippen LogP contribution in [0.2, 0.25) is 4.34 Å². The molecule has 1 aromatic carbocycles. The van der Waals surface area contributed by atoms with E-state index >= 15 is 0 Å². The summed E-state index contributed by atoms with van der Waals surface area (Å²) < 4.78 is 35.1. The third kappa shape index (κ3) is 4.78. The van der Waals surface area contributed by atoms with E-state index in [1.54, 1.807) is 18.2 Å². The van der Waals surface area contributed by atoms with Crippen LogP contribution in [0, 0.1) is 5.92 Å². The Morgan fingerprint density at radius 2 is 1.91 bits per heavy atom. The number of piperidine rings is 1. The van der Waals surface area contributed by atoms with Crippen LogP contribution in [-0.4, -0.2) is 49.4 Å². The molecule has 0 unspecified atom stereocenters. The van der Waals surface area contributed by atoms with Gasteiger partial charge in [0.05, 0.1) is 27.2 Å². The van der Waals surface area contributed by atoms with Crippen molar-refractivity contribution in [2.75, 3.05) is 20.2 Å². The van der Waals surface area contributed by atoms with Gasteiger partial charge in [0, 0.05) is 25.6 Å². The van der Waals surface area contributed by atoms with Crippen LogP contribution >= 0.6 is 34.3 Å². The van der Waals surface area contributed by atoms with Crippen molar-refractivity contribution in [3.05, 3.63) is 45.0 Å². The van der Waals surface area contributed by atoms with Gasteiger partial charge in [0.2, 0.25) is 0 Å². The summed E-state index contributed by atoms with van der Waals surface area (Å²) in [5.41, 5.74) is 1.32. The van der Waals surface area contributed by atoms with E-state index in [-0.39, 0.29) is 29.1 Å². The smallest absolute Gasteiger partial charge is 0.337 e. The highest BCUT2D eigenvalue weighted by Crippen LogP contribution is 2.31. The Balaban J connectivity index is 1.53. The van der Waals surface area contributed by atoms with Gasteiger partial charge in [-0.3, -0.25) is 4.79 Å². The molecule has 0 saturated carbocycles. The fourth-order valence-corrected chi connectivity index (χ4v) is 8.05. The van der Waals surface area contributed by atoms with Crippen LogP contribution in [0.5, 0.6) is 0 Å². The molecule has 8 nitrogen and oxygen atoms in total. The molecule has 1 fully saturated rings. The van der Waals surface area contributed by atoms with E-state index < -0.39 is 16.0 Å². The number of aryl methyl sites for hydroxylation is 1. The van der Waals surface area contributed by atoms with Crippen LogP contribution in [0.25, 0.3) is 10.2 Å². The Morgan fingerprint density at radius 3 is 2.52 bits per heavy atom. The average molecular weight is 528 g/mol. The number of halogens is 1. The number of benzene rings is 1. The lowest BCUT2D eigenvalue weighted by Gasteiger charge is -2.29. The lowest BCUT2D eigenvalue weighted by molar-refractivity contribution is -0.122. The molecule has 1 saturated heterocycles. The molecular formula is C21H22ClN3O5S3. The largest absolute Gasteiger partial charge is 0.465 e. The van der Waals surface area contributed by atoms with Crippen molar-refractivity contribution in [2.45, 2.75) is 30.5 Å².